The lowest BCUT2D eigenvalue weighted by Gasteiger charge is -2.12. The number of aromatic nitrogens is 3. The number of nitrogens with zero attached hydrogens (tertiary/aromatic N) is 2. The lowest BCUT2D eigenvalue weighted by Crippen LogP contribution is -2.22. The summed E-state index contributed by atoms with van der Waals surface area (Å²) in [5.41, 5.74) is 0.689. The number of carbonyl (C=O) groups is 1. The molecule has 2 heterocycles. The van der Waals surface area contributed by atoms with E-state index in [9.17, 15) is 22.8 Å². The number of nitrogens with one attached hydrogen (secondary N) is 2. The van der Waals surface area contributed by atoms with Crippen molar-refractivity contribution in [2.75, 3.05) is 11.1 Å². The van der Waals surface area contributed by atoms with E-state index in [-0.39, 0.29) is 5.75 Å². The Bertz CT molecular complexity index is 1110. The molecule has 0 spiro atoms. The van der Waals surface area contributed by atoms with Crippen LogP contribution in [-0.4, -0.2) is 26.2 Å². The van der Waals surface area contributed by atoms with Crippen LogP contribution in [0.5, 0.6) is 0 Å². The zero-order valence-corrected chi connectivity index (χ0v) is 16.3. The predicted octanol–water partition coefficient (Wildman–Crippen LogP) is 3.93. The van der Waals surface area contributed by atoms with Gasteiger partial charge in [0, 0.05) is 18.6 Å². The van der Waals surface area contributed by atoms with Crippen molar-refractivity contribution in [2.24, 2.45) is 0 Å². The highest BCUT2D eigenvalue weighted by Gasteiger charge is 2.31. The molecule has 0 aliphatic carbocycles. The highest BCUT2D eigenvalue weighted by Crippen LogP contribution is 2.29. The van der Waals surface area contributed by atoms with Crippen LogP contribution in [0.3, 0.4) is 0 Å². The maximum atomic E-state index is 12.8. The van der Waals surface area contributed by atoms with Gasteiger partial charge in [-0.2, -0.15) is 13.2 Å². The van der Waals surface area contributed by atoms with Gasteiger partial charge in [0.15, 0.2) is 5.16 Å². The van der Waals surface area contributed by atoms with E-state index >= 15 is 0 Å². The van der Waals surface area contributed by atoms with Crippen molar-refractivity contribution in [1.82, 2.24) is 14.5 Å². The van der Waals surface area contributed by atoms with Gasteiger partial charge in [-0.15, -0.1) is 0 Å². The number of halogens is 3. The number of hydrogen-bond donors (Lipinski definition) is 2. The minimum Gasteiger partial charge on any atom is -0.327 e. The van der Waals surface area contributed by atoms with E-state index in [2.05, 4.69) is 10.3 Å². The minimum absolute atomic E-state index is 0.127. The number of imidazole rings is 1. The molecular formula is C19H17F3N4O2S. The van der Waals surface area contributed by atoms with Gasteiger partial charge in [0.05, 0.1) is 17.0 Å². The summed E-state index contributed by atoms with van der Waals surface area (Å²) >= 11 is 1.11. The highest BCUT2D eigenvalue weighted by molar-refractivity contribution is 7.99. The van der Waals surface area contributed by atoms with E-state index in [1.165, 1.54) is 0 Å². The monoisotopic (exact) mass is 422 g/mol. The summed E-state index contributed by atoms with van der Waals surface area (Å²) in [6.45, 7) is 3.92. The van der Waals surface area contributed by atoms with Gasteiger partial charge in [-0.25, -0.2) is 4.98 Å². The summed E-state index contributed by atoms with van der Waals surface area (Å²) in [7, 11) is 0. The topological polar surface area (TPSA) is 79.8 Å². The quantitative estimate of drug-likeness (QED) is 0.611. The number of pyridine rings is 1. The van der Waals surface area contributed by atoms with Crippen LogP contribution in [0.1, 0.15) is 16.7 Å². The van der Waals surface area contributed by atoms with Crippen LogP contribution in [0.4, 0.5) is 18.9 Å². The van der Waals surface area contributed by atoms with Crippen LogP contribution in [0, 0.1) is 13.8 Å². The molecule has 0 fully saturated rings. The molecule has 10 heteroatoms. The first kappa shape index (κ1) is 20.7. The first-order valence-corrected chi connectivity index (χ1v) is 9.47. The summed E-state index contributed by atoms with van der Waals surface area (Å²) in [6.07, 6.45) is -0.707. The molecule has 0 aliphatic rings. The van der Waals surface area contributed by atoms with E-state index in [1.54, 1.807) is 12.4 Å². The third-order valence-electron chi connectivity index (χ3n) is 4.07. The molecule has 0 atom stereocenters. The Balaban J connectivity index is 1.73. The van der Waals surface area contributed by atoms with Gasteiger partial charge >= 0.3 is 6.18 Å². The van der Waals surface area contributed by atoms with Gasteiger partial charge < -0.3 is 10.3 Å². The molecule has 0 radical (unpaired) electrons. The maximum absolute atomic E-state index is 12.8. The lowest BCUT2D eigenvalue weighted by molar-refractivity contribution is -0.137. The molecule has 0 saturated heterocycles. The molecule has 0 saturated carbocycles. The molecule has 3 rings (SSSR count). The Kier molecular flexibility index (Phi) is 5.83. The number of carbonyl (C=O) groups excluding carboxylic acids is 1. The Labute approximate surface area is 168 Å². The van der Waals surface area contributed by atoms with Crippen molar-refractivity contribution in [3.8, 4) is 5.69 Å². The number of amides is 1. The number of H-pyrrole nitrogens is 1. The molecular weight excluding hydrogens is 405 g/mol. The van der Waals surface area contributed by atoms with E-state index < -0.39 is 28.9 Å². The molecule has 152 valence electrons. The average molecular weight is 422 g/mol. The molecule has 3 aromatic rings. The standard InChI is InChI=1S/C19H17F3N4O2S/c1-11-3-4-12(2)15(7-11)26-6-5-23-18(26)29-10-16(27)25-14-8-13(19(20,21)22)9-24-17(14)28/h3-9H,10H2,1-2H3,(H,24,28)(H,25,27). The van der Waals surface area contributed by atoms with Gasteiger partial charge in [0.2, 0.25) is 5.91 Å². The number of alkyl halides is 3. The fourth-order valence-corrected chi connectivity index (χ4v) is 3.38. The van der Waals surface area contributed by atoms with Crippen LogP contribution in [0.2, 0.25) is 0 Å². The van der Waals surface area contributed by atoms with Crippen molar-refractivity contribution < 1.29 is 18.0 Å². The van der Waals surface area contributed by atoms with Crippen molar-refractivity contribution in [1.29, 1.82) is 0 Å². The Hall–Kier alpha value is -3.01. The summed E-state index contributed by atoms with van der Waals surface area (Å²) in [6, 6.07) is 6.57. The number of rotatable bonds is 5. The first-order chi connectivity index (χ1) is 13.6. The van der Waals surface area contributed by atoms with E-state index in [0.29, 0.717) is 17.4 Å². The molecule has 2 N–H and O–H groups in total. The summed E-state index contributed by atoms with van der Waals surface area (Å²) in [5, 5.41) is 2.77. The van der Waals surface area contributed by atoms with Crippen LogP contribution in [0.15, 0.2) is 52.8 Å². The van der Waals surface area contributed by atoms with Crippen molar-refractivity contribution >= 4 is 23.4 Å². The van der Waals surface area contributed by atoms with Gasteiger partial charge in [-0.1, -0.05) is 23.9 Å². The van der Waals surface area contributed by atoms with E-state index in [4.69, 9.17) is 0 Å². The molecule has 1 amide bonds. The second kappa shape index (κ2) is 8.16. The molecule has 6 nitrogen and oxygen atoms in total. The third-order valence-corrected chi connectivity index (χ3v) is 5.03. The predicted molar refractivity (Wildman–Crippen MR) is 104 cm³/mol. The second-order valence-electron chi connectivity index (χ2n) is 6.34. The summed E-state index contributed by atoms with van der Waals surface area (Å²) in [4.78, 5) is 30.1. The van der Waals surface area contributed by atoms with Gasteiger partial charge in [0.1, 0.15) is 5.69 Å². The summed E-state index contributed by atoms with van der Waals surface area (Å²) < 4.78 is 40.2. The summed E-state index contributed by atoms with van der Waals surface area (Å²) in [5.74, 6) is -0.743. The maximum Gasteiger partial charge on any atom is 0.417 e. The van der Waals surface area contributed by atoms with E-state index in [1.807, 2.05) is 41.6 Å². The van der Waals surface area contributed by atoms with Crippen molar-refractivity contribution in [3.63, 3.8) is 0 Å². The van der Waals surface area contributed by atoms with Crippen LogP contribution in [-0.2, 0) is 11.0 Å². The van der Waals surface area contributed by atoms with Gasteiger partial charge in [0.25, 0.3) is 5.56 Å². The lowest BCUT2D eigenvalue weighted by atomic mass is 10.1. The molecule has 1 aromatic carbocycles. The van der Waals surface area contributed by atoms with Crippen molar-refractivity contribution in [2.45, 2.75) is 25.2 Å². The highest BCUT2D eigenvalue weighted by atomic mass is 32.2. The first-order valence-electron chi connectivity index (χ1n) is 8.48. The Morgan fingerprint density at radius 2 is 2.03 bits per heavy atom. The Morgan fingerprint density at radius 3 is 2.76 bits per heavy atom. The average Bonchev–Trinajstić information content (AvgIpc) is 3.11. The number of thioether (sulfide) groups is 1. The number of aromatic amines is 1. The number of benzene rings is 1. The van der Waals surface area contributed by atoms with Crippen LogP contribution < -0.4 is 10.9 Å². The van der Waals surface area contributed by atoms with Crippen molar-refractivity contribution in [3.05, 3.63) is 69.9 Å². The fourth-order valence-electron chi connectivity index (χ4n) is 2.62. The number of anilines is 1. The SMILES string of the molecule is Cc1ccc(C)c(-n2ccnc2SCC(=O)Nc2cc(C(F)(F)F)c[nH]c2=O)c1. The van der Waals surface area contributed by atoms with Crippen LogP contribution >= 0.6 is 11.8 Å². The third kappa shape index (κ3) is 4.89. The minimum atomic E-state index is -4.63. The van der Waals surface area contributed by atoms with E-state index in [0.717, 1.165) is 28.6 Å². The smallest absolute Gasteiger partial charge is 0.327 e. The Morgan fingerprint density at radius 1 is 1.28 bits per heavy atom. The fraction of sp³-hybridized carbons (Fsp3) is 0.211. The normalized spacial score (nSPS) is 11.5. The molecule has 0 bridgehead atoms. The largest absolute Gasteiger partial charge is 0.417 e. The zero-order valence-electron chi connectivity index (χ0n) is 15.5. The number of aryl methyl sites for hydroxylation is 2. The van der Waals surface area contributed by atoms with Crippen LogP contribution in [0.25, 0.3) is 5.69 Å². The van der Waals surface area contributed by atoms with Gasteiger partial charge in [-0.3, -0.25) is 14.2 Å². The molecule has 0 unspecified atom stereocenters. The van der Waals surface area contributed by atoms with Gasteiger partial charge in [-0.05, 0) is 37.1 Å². The molecule has 2 aromatic heterocycles. The molecule has 29 heavy (non-hydrogen) atoms. The zero-order chi connectivity index (χ0) is 21.2. The number of hydrogen-bond acceptors (Lipinski definition) is 4. The molecule has 0 aliphatic heterocycles. The second-order valence-corrected chi connectivity index (χ2v) is 7.28.